The molecule has 4 rings (SSSR count). The molecule has 0 saturated heterocycles. The minimum absolute atomic E-state index is 0.233. The zero-order valence-electron chi connectivity index (χ0n) is 13.2. The molecule has 0 aliphatic rings. The summed E-state index contributed by atoms with van der Waals surface area (Å²) in [6, 6.07) is 14.3. The Labute approximate surface area is 162 Å². The molecule has 26 heavy (non-hydrogen) atoms. The van der Waals surface area contributed by atoms with Crippen LogP contribution in [0.3, 0.4) is 0 Å². The van der Waals surface area contributed by atoms with Crippen LogP contribution in [0.1, 0.15) is 10.4 Å². The van der Waals surface area contributed by atoms with Gasteiger partial charge in [0.25, 0.3) is 5.91 Å². The fourth-order valence-electron chi connectivity index (χ4n) is 2.46. The van der Waals surface area contributed by atoms with Crippen molar-refractivity contribution in [1.82, 2.24) is 9.97 Å². The Morgan fingerprint density at radius 3 is 2.65 bits per heavy atom. The molecule has 2 heterocycles. The number of carbonyl (C=O) groups excluding carboxylic acids is 1. The number of rotatable bonds is 3. The molecule has 1 amide bonds. The summed E-state index contributed by atoms with van der Waals surface area (Å²) in [5.74, 6) is 0.263. The van der Waals surface area contributed by atoms with E-state index in [0.717, 1.165) is 10.0 Å². The van der Waals surface area contributed by atoms with Crippen molar-refractivity contribution in [2.24, 2.45) is 0 Å². The molecule has 2 aromatic carbocycles. The van der Waals surface area contributed by atoms with Gasteiger partial charge >= 0.3 is 0 Å². The van der Waals surface area contributed by atoms with E-state index < -0.39 is 0 Å². The molecular weight excluding hydrogens is 418 g/mol. The van der Waals surface area contributed by atoms with E-state index in [9.17, 15) is 4.79 Å². The van der Waals surface area contributed by atoms with E-state index in [1.807, 2.05) is 12.1 Å². The summed E-state index contributed by atoms with van der Waals surface area (Å²) >= 11 is 9.28. The minimum Gasteiger partial charge on any atom is -0.436 e. The molecule has 0 unspecified atom stereocenters. The Kier molecular flexibility index (Phi) is 4.44. The molecule has 128 valence electrons. The zero-order valence-corrected chi connectivity index (χ0v) is 15.6. The quantitative estimate of drug-likeness (QED) is 0.464. The molecule has 0 saturated carbocycles. The number of fused-ring (bicyclic) bond motifs is 1. The third-order valence-corrected chi connectivity index (χ3v) is 4.38. The van der Waals surface area contributed by atoms with Crippen molar-refractivity contribution < 1.29 is 9.21 Å². The van der Waals surface area contributed by atoms with Gasteiger partial charge in [-0.15, -0.1) is 0 Å². The van der Waals surface area contributed by atoms with Crippen molar-refractivity contribution in [2.75, 3.05) is 5.32 Å². The first-order valence-corrected chi connectivity index (χ1v) is 8.84. The lowest BCUT2D eigenvalue weighted by molar-refractivity contribution is 0.102. The summed E-state index contributed by atoms with van der Waals surface area (Å²) in [5.41, 5.74) is 3.31. The summed E-state index contributed by atoms with van der Waals surface area (Å²) in [6.07, 6.45) is 3.14. The van der Waals surface area contributed by atoms with E-state index in [2.05, 4.69) is 31.2 Å². The third-order valence-electron chi connectivity index (χ3n) is 3.71. The SMILES string of the molecule is O=C(Nc1ccc(-c2nc3cc(Cl)ccc3o2)cc1)c1cncc(Br)c1. The van der Waals surface area contributed by atoms with Crippen LogP contribution < -0.4 is 5.32 Å². The van der Waals surface area contributed by atoms with Crippen LogP contribution in [0, 0.1) is 0 Å². The van der Waals surface area contributed by atoms with Crippen molar-refractivity contribution in [1.29, 1.82) is 0 Å². The zero-order chi connectivity index (χ0) is 18.1. The van der Waals surface area contributed by atoms with Gasteiger partial charge in [-0.3, -0.25) is 9.78 Å². The van der Waals surface area contributed by atoms with Gasteiger partial charge in [-0.2, -0.15) is 0 Å². The average molecular weight is 429 g/mol. The summed E-state index contributed by atoms with van der Waals surface area (Å²) < 4.78 is 6.49. The second-order valence-corrected chi connectivity index (χ2v) is 6.91. The van der Waals surface area contributed by atoms with E-state index in [1.54, 1.807) is 42.6 Å². The molecule has 4 aromatic rings. The summed E-state index contributed by atoms with van der Waals surface area (Å²) in [4.78, 5) is 20.7. The molecule has 7 heteroatoms. The highest BCUT2D eigenvalue weighted by molar-refractivity contribution is 9.10. The van der Waals surface area contributed by atoms with Gasteiger partial charge in [-0.25, -0.2) is 4.98 Å². The van der Waals surface area contributed by atoms with Crippen LogP contribution in [0.5, 0.6) is 0 Å². The van der Waals surface area contributed by atoms with Crippen LogP contribution >= 0.6 is 27.5 Å². The summed E-state index contributed by atoms with van der Waals surface area (Å²) in [5, 5.41) is 3.44. The standard InChI is InChI=1S/C19H11BrClN3O2/c20-13-7-12(9-22-10-13)18(25)23-15-4-1-11(2-5-15)19-24-16-8-14(21)3-6-17(16)26-19/h1-10H,(H,23,25). The molecule has 0 aliphatic carbocycles. The fourth-order valence-corrected chi connectivity index (χ4v) is 2.99. The van der Waals surface area contributed by atoms with Crippen LogP contribution in [0.25, 0.3) is 22.6 Å². The van der Waals surface area contributed by atoms with E-state index in [4.69, 9.17) is 16.0 Å². The van der Waals surface area contributed by atoms with Crippen LogP contribution in [0.4, 0.5) is 5.69 Å². The molecule has 0 fully saturated rings. The molecule has 1 N–H and O–H groups in total. The predicted octanol–water partition coefficient (Wildman–Crippen LogP) is 5.56. The van der Waals surface area contributed by atoms with E-state index in [1.165, 1.54) is 6.20 Å². The second-order valence-electron chi connectivity index (χ2n) is 5.55. The maximum Gasteiger partial charge on any atom is 0.257 e. The molecular formula is C19H11BrClN3O2. The normalized spacial score (nSPS) is 10.8. The van der Waals surface area contributed by atoms with E-state index >= 15 is 0 Å². The van der Waals surface area contributed by atoms with Crippen molar-refractivity contribution in [2.45, 2.75) is 0 Å². The monoisotopic (exact) mass is 427 g/mol. The lowest BCUT2D eigenvalue weighted by Gasteiger charge is -2.05. The molecule has 0 bridgehead atoms. The number of amides is 1. The number of nitrogens with one attached hydrogen (secondary N) is 1. The highest BCUT2D eigenvalue weighted by Crippen LogP contribution is 2.27. The smallest absolute Gasteiger partial charge is 0.257 e. The van der Waals surface area contributed by atoms with Gasteiger partial charge in [0.05, 0.1) is 5.56 Å². The molecule has 0 radical (unpaired) electrons. The maximum absolute atomic E-state index is 12.3. The van der Waals surface area contributed by atoms with Gasteiger partial charge in [-0.05, 0) is 64.5 Å². The average Bonchev–Trinajstić information content (AvgIpc) is 3.05. The highest BCUT2D eigenvalue weighted by atomic mass is 79.9. The van der Waals surface area contributed by atoms with Gasteiger partial charge in [-0.1, -0.05) is 11.6 Å². The fraction of sp³-hybridized carbons (Fsp3) is 0. The van der Waals surface area contributed by atoms with Gasteiger partial charge in [0.2, 0.25) is 5.89 Å². The Bertz CT molecular complexity index is 1110. The highest BCUT2D eigenvalue weighted by Gasteiger charge is 2.10. The van der Waals surface area contributed by atoms with Crippen molar-refractivity contribution in [3.8, 4) is 11.5 Å². The molecule has 0 aliphatic heterocycles. The summed E-state index contributed by atoms with van der Waals surface area (Å²) in [6.45, 7) is 0. The Hall–Kier alpha value is -2.70. The van der Waals surface area contributed by atoms with Crippen LogP contribution in [-0.2, 0) is 0 Å². The predicted molar refractivity (Wildman–Crippen MR) is 104 cm³/mol. The topological polar surface area (TPSA) is 68.0 Å². The van der Waals surface area contributed by atoms with E-state index in [0.29, 0.717) is 33.3 Å². The van der Waals surface area contributed by atoms with E-state index in [-0.39, 0.29) is 5.91 Å². The number of oxazole rings is 1. The lowest BCUT2D eigenvalue weighted by Crippen LogP contribution is -2.12. The number of carbonyl (C=O) groups is 1. The van der Waals surface area contributed by atoms with Crippen molar-refractivity contribution in [3.05, 3.63) is 76.0 Å². The number of benzene rings is 2. The number of hydrogen-bond donors (Lipinski definition) is 1. The Balaban J connectivity index is 1.55. The number of nitrogens with zero attached hydrogens (tertiary/aromatic N) is 2. The van der Waals surface area contributed by atoms with Gasteiger partial charge in [0.15, 0.2) is 5.58 Å². The number of hydrogen-bond acceptors (Lipinski definition) is 4. The van der Waals surface area contributed by atoms with Crippen molar-refractivity contribution in [3.63, 3.8) is 0 Å². The number of pyridine rings is 1. The number of halogens is 2. The molecule has 0 atom stereocenters. The first-order valence-electron chi connectivity index (χ1n) is 7.67. The lowest BCUT2D eigenvalue weighted by atomic mass is 10.2. The third kappa shape index (κ3) is 3.47. The van der Waals surface area contributed by atoms with Gasteiger partial charge in [0, 0.05) is 33.1 Å². The largest absolute Gasteiger partial charge is 0.436 e. The molecule has 2 aromatic heterocycles. The molecule has 0 spiro atoms. The first kappa shape index (κ1) is 16.8. The van der Waals surface area contributed by atoms with Crippen LogP contribution in [0.15, 0.2) is 69.8 Å². The summed E-state index contributed by atoms with van der Waals surface area (Å²) in [7, 11) is 0. The number of aromatic nitrogens is 2. The molecule has 5 nitrogen and oxygen atoms in total. The minimum atomic E-state index is -0.233. The van der Waals surface area contributed by atoms with Crippen molar-refractivity contribution >= 4 is 50.2 Å². The maximum atomic E-state index is 12.3. The Morgan fingerprint density at radius 2 is 1.88 bits per heavy atom. The second kappa shape index (κ2) is 6.90. The van der Waals surface area contributed by atoms with Crippen LogP contribution in [-0.4, -0.2) is 15.9 Å². The van der Waals surface area contributed by atoms with Gasteiger partial charge < -0.3 is 9.73 Å². The number of anilines is 1. The van der Waals surface area contributed by atoms with Gasteiger partial charge in [0.1, 0.15) is 5.52 Å². The van der Waals surface area contributed by atoms with Crippen LogP contribution in [0.2, 0.25) is 5.02 Å². The Morgan fingerprint density at radius 1 is 1.08 bits per heavy atom. The first-order chi connectivity index (χ1) is 12.6.